The second kappa shape index (κ2) is 9.55. The van der Waals surface area contributed by atoms with Crippen molar-refractivity contribution in [2.24, 2.45) is 0 Å². The molecule has 162 valence electrons. The molecule has 0 radical (unpaired) electrons. The van der Waals surface area contributed by atoms with Crippen LogP contribution in [0.1, 0.15) is 11.1 Å². The normalized spacial score (nSPS) is 15.0. The third kappa shape index (κ3) is 4.79. The minimum absolute atomic E-state index is 0.0502. The van der Waals surface area contributed by atoms with Crippen molar-refractivity contribution in [1.82, 2.24) is 0 Å². The van der Waals surface area contributed by atoms with Gasteiger partial charge in [-0.15, -0.1) is 0 Å². The summed E-state index contributed by atoms with van der Waals surface area (Å²) in [6.45, 7) is -0.0502. The van der Waals surface area contributed by atoms with E-state index in [9.17, 15) is 14.0 Å². The van der Waals surface area contributed by atoms with Gasteiger partial charge in [0.2, 0.25) is 0 Å². The first-order chi connectivity index (χ1) is 15.3. The molecule has 4 rings (SSSR count). The number of carbonyl (C=O) groups excluding carboxylic acids is 2. The number of rotatable bonds is 5. The molecule has 3 aromatic carbocycles. The predicted octanol–water partition coefficient (Wildman–Crippen LogP) is 7.61. The Morgan fingerprint density at radius 1 is 0.969 bits per heavy atom. The van der Waals surface area contributed by atoms with Gasteiger partial charge < -0.3 is 4.74 Å². The number of imide groups is 1. The number of nitrogens with zero attached hydrogens (tertiary/aromatic N) is 1. The van der Waals surface area contributed by atoms with Crippen LogP contribution in [0.25, 0.3) is 6.08 Å². The van der Waals surface area contributed by atoms with E-state index in [4.69, 9.17) is 39.5 Å². The smallest absolute Gasteiger partial charge is 0.298 e. The monoisotopic (exact) mass is 507 g/mol. The van der Waals surface area contributed by atoms with Gasteiger partial charge in [-0.2, -0.15) is 0 Å². The molecule has 1 saturated heterocycles. The lowest BCUT2D eigenvalue weighted by Gasteiger charge is -2.12. The molecule has 0 aliphatic carbocycles. The minimum atomic E-state index is -0.463. The van der Waals surface area contributed by atoms with Crippen LogP contribution >= 0.6 is 46.6 Å². The Labute approximate surface area is 202 Å². The summed E-state index contributed by atoms with van der Waals surface area (Å²) in [5, 5.41) is 0.456. The maximum atomic E-state index is 13.8. The molecule has 0 saturated carbocycles. The third-order valence-corrected chi connectivity index (χ3v) is 6.21. The molecule has 0 unspecified atom stereocenters. The molecule has 2 amide bonds. The lowest BCUT2D eigenvalue weighted by atomic mass is 10.2. The van der Waals surface area contributed by atoms with Crippen molar-refractivity contribution in [3.05, 3.63) is 97.6 Å². The van der Waals surface area contributed by atoms with E-state index < -0.39 is 17.0 Å². The van der Waals surface area contributed by atoms with Crippen LogP contribution in [0.3, 0.4) is 0 Å². The average molecular weight is 509 g/mol. The van der Waals surface area contributed by atoms with Crippen LogP contribution in [0.15, 0.2) is 65.6 Å². The molecule has 1 fully saturated rings. The molecular weight excluding hydrogens is 496 g/mol. The first kappa shape index (κ1) is 22.7. The molecule has 0 bridgehead atoms. The van der Waals surface area contributed by atoms with Gasteiger partial charge in [0.15, 0.2) is 5.75 Å². The zero-order valence-electron chi connectivity index (χ0n) is 16.2. The second-order valence-corrected chi connectivity index (χ2v) is 8.93. The highest BCUT2D eigenvalue weighted by atomic mass is 35.5. The molecule has 4 nitrogen and oxygen atoms in total. The van der Waals surface area contributed by atoms with E-state index in [-0.39, 0.29) is 27.3 Å². The van der Waals surface area contributed by atoms with E-state index in [0.29, 0.717) is 21.8 Å². The number of hydrogen-bond donors (Lipinski definition) is 0. The molecule has 0 atom stereocenters. The van der Waals surface area contributed by atoms with Crippen LogP contribution in [0.2, 0.25) is 15.1 Å². The summed E-state index contributed by atoms with van der Waals surface area (Å²) in [5.41, 5.74) is 1.30. The molecule has 3 aromatic rings. The van der Waals surface area contributed by atoms with Crippen molar-refractivity contribution in [2.75, 3.05) is 4.90 Å². The molecule has 9 heteroatoms. The number of carbonyl (C=O) groups is 2. The molecule has 1 heterocycles. The summed E-state index contributed by atoms with van der Waals surface area (Å²) in [6, 6.07) is 15.7. The van der Waals surface area contributed by atoms with Crippen molar-refractivity contribution in [3.8, 4) is 5.75 Å². The van der Waals surface area contributed by atoms with Gasteiger partial charge in [0.05, 0.1) is 20.6 Å². The Morgan fingerprint density at radius 2 is 1.62 bits per heavy atom. The van der Waals surface area contributed by atoms with Gasteiger partial charge >= 0.3 is 0 Å². The summed E-state index contributed by atoms with van der Waals surface area (Å²) < 4.78 is 19.4. The Morgan fingerprint density at radius 3 is 2.28 bits per heavy atom. The van der Waals surface area contributed by atoms with E-state index in [2.05, 4.69) is 0 Å². The lowest BCUT2D eigenvalue weighted by molar-refractivity contribution is -0.113. The number of amides is 2. The first-order valence-electron chi connectivity index (χ1n) is 9.22. The average Bonchev–Trinajstić information content (AvgIpc) is 3.02. The first-order valence-corrected chi connectivity index (χ1v) is 11.2. The van der Waals surface area contributed by atoms with E-state index in [0.717, 1.165) is 16.7 Å². The second-order valence-electron chi connectivity index (χ2n) is 6.69. The summed E-state index contributed by atoms with van der Waals surface area (Å²) in [4.78, 5) is 26.5. The van der Waals surface area contributed by atoms with Crippen molar-refractivity contribution >= 4 is 69.5 Å². The standard InChI is InChI=1S/C23H13Cl3FNO3S/c24-15-5-7-16(8-6-15)28-22(29)20(32-23(28)30)11-13-9-17(25)21(18(26)10-13)31-12-14-3-1-2-4-19(14)27/h1-11H,12H2/b20-11+. The van der Waals surface area contributed by atoms with Gasteiger partial charge in [-0.25, -0.2) is 9.29 Å². The fraction of sp³-hybridized carbons (Fsp3) is 0.0435. The summed E-state index contributed by atoms with van der Waals surface area (Å²) in [6.07, 6.45) is 1.53. The van der Waals surface area contributed by atoms with Crippen molar-refractivity contribution in [1.29, 1.82) is 0 Å². The number of thioether (sulfide) groups is 1. The van der Waals surface area contributed by atoms with Crippen LogP contribution < -0.4 is 9.64 Å². The van der Waals surface area contributed by atoms with Crippen LogP contribution in [0.4, 0.5) is 14.9 Å². The quantitative estimate of drug-likeness (QED) is 0.333. The van der Waals surface area contributed by atoms with Gasteiger partial charge in [-0.1, -0.05) is 53.0 Å². The number of ether oxygens (including phenoxy) is 1. The van der Waals surface area contributed by atoms with Gasteiger partial charge in [-0.3, -0.25) is 9.59 Å². The van der Waals surface area contributed by atoms with Gasteiger partial charge in [0, 0.05) is 10.6 Å². The summed E-state index contributed by atoms with van der Waals surface area (Å²) in [7, 11) is 0. The number of halogens is 4. The van der Waals surface area contributed by atoms with Crippen molar-refractivity contribution < 1.29 is 18.7 Å². The number of anilines is 1. The topological polar surface area (TPSA) is 46.6 Å². The molecule has 32 heavy (non-hydrogen) atoms. The highest BCUT2D eigenvalue weighted by molar-refractivity contribution is 8.19. The highest BCUT2D eigenvalue weighted by Gasteiger charge is 2.36. The predicted molar refractivity (Wildman–Crippen MR) is 127 cm³/mol. The SMILES string of the molecule is O=C1S/C(=C/c2cc(Cl)c(OCc3ccccc3F)c(Cl)c2)C(=O)N1c1ccc(Cl)cc1. The number of benzene rings is 3. The summed E-state index contributed by atoms with van der Waals surface area (Å²) in [5.74, 6) is -0.662. The van der Waals surface area contributed by atoms with E-state index in [1.807, 2.05) is 0 Å². The van der Waals surface area contributed by atoms with Gasteiger partial charge in [-0.05, 0) is 65.9 Å². The van der Waals surface area contributed by atoms with Gasteiger partial charge in [0.1, 0.15) is 12.4 Å². The highest BCUT2D eigenvalue weighted by Crippen LogP contribution is 2.39. The van der Waals surface area contributed by atoms with Gasteiger partial charge in [0.25, 0.3) is 11.1 Å². The van der Waals surface area contributed by atoms with Crippen LogP contribution in [0.5, 0.6) is 5.75 Å². The molecule has 0 spiro atoms. The van der Waals surface area contributed by atoms with Crippen molar-refractivity contribution in [2.45, 2.75) is 6.61 Å². The van der Waals surface area contributed by atoms with Crippen LogP contribution in [-0.2, 0) is 11.4 Å². The molecule has 1 aliphatic rings. The zero-order chi connectivity index (χ0) is 22.8. The third-order valence-electron chi connectivity index (χ3n) is 4.53. The van der Waals surface area contributed by atoms with Crippen LogP contribution in [0, 0.1) is 5.82 Å². The number of hydrogen-bond acceptors (Lipinski definition) is 4. The summed E-state index contributed by atoms with van der Waals surface area (Å²) >= 11 is 19.3. The Hall–Kier alpha value is -2.51. The Kier molecular flexibility index (Phi) is 6.76. The Balaban J connectivity index is 1.55. The van der Waals surface area contributed by atoms with E-state index in [1.165, 1.54) is 12.1 Å². The maximum absolute atomic E-state index is 13.8. The fourth-order valence-corrected chi connectivity index (χ4v) is 4.58. The molecule has 1 aliphatic heterocycles. The largest absolute Gasteiger partial charge is 0.486 e. The zero-order valence-corrected chi connectivity index (χ0v) is 19.2. The van der Waals surface area contributed by atoms with E-state index in [1.54, 1.807) is 54.6 Å². The molecular formula is C23H13Cl3FNO3S. The fourth-order valence-electron chi connectivity index (χ4n) is 3.00. The minimum Gasteiger partial charge on any atom is -0.486 e. The van der Waals surface area contributed by atoms with Crippen LogP contribution in [-0.4, -0.2) is 11.1 Å². The molecule has 0 aromatic heterocycles. The van der Waals surface area contributed by atoms with E-state index >= 15 is 0 Å². The van der Waals surface area contributed by atoms with Crippen molar-refractivity contribution in [3.63, 3.8) is 0 Å². The Bertz CT molecular complexity index is 1220. The molecule has 0 N–H and O–H groups in total. The maximum Gasteiger partial charge on any atom is 0.298 e. The lowest BCUT2D eigenvalue weighted by Crippen LogP contribution is -2.27.